The Morgan fingerprint density at radius 2 is 1.40 bits per heavy atom. The summed E-state index contributed by atoms with van der Waals surface area (Å²) in [7, 11) is -2.03. The van der Waals surface area contributed by atoms with Gasteiger partial charge in [0.25, 0.3) is 21.8 Å². The van der Waals surface area contributed by atoms with Crippen LogP contribution in [0.25, 0.3) is 27.4 Å². The van der Waals surface area contributed by atoms with Gasteiger partial charge in [-0.15, -0.1) is 0 Å². The number of carboxylic acids is 1. The number of hydrogen-bond acceptors (Lipinski definition) is 8. The zero-order chi connectivity index (χ0) is 53.6. The predicted octanol–water partition coefficient (Wildman–Crippen LogP) is 7.01. The number of rotatable bonds is 15. The quantitative estimate of drug-likeness (QED) is 0.0649. The van der Waals surface area contributed by atoms with Crippen LogP contribution in [0.1, 0.15) is 56.7 Å². The van der Waals surface area contributed by atoms with Gasteiger partial charge in [-0.1, -0.05) is 73.3 Å². The smallest absolute Gasteiger partial charge is 0.303 e. The van der Waals surface area contributed by atoms with Crippen LogP contribution in [0.3, 0.4) is 0 Å². The summed E-state index contributed by atoms with van der Waals surface area (Å²) in [6.45, 7) is 7.36. The first-order valence-corrected chi connectivity index (χ1v) is 31.3. The van der Waals surface area contributed by atoms with Crippen molar-refractivity contribution in [2.24, 2.45) is 0 Å². The zero-order valence-electron chi connectivity index (χ0n) is 43.6. The molecule has 14 nitrogen and oxygen atoms in total. The highest BCUT2D eigenvalue weighted by molar-refractivity contribution is 7.89. The largest absolute Gasteiger partial charge is 0.481 e. The Morgan fingerprint density at radius 3 is 2.00 bits per heavy atom. The highest BCUT2D eigenvalue weighted by Crippen LogP contribution is 2.42. The van der Waals surface area contributed by atoms with Gasteiger partial charge >= 0.3 is 5.97 Å². The first kappa shape index (κ1) is 52.8. The lowest BCUT2D eigenvalue weighted by Crippen LogP contribution is -2.51. The van der Waals surface area contributed by atoms with E-state index in [9.17, 15) is 36.3 Å². The third-order valence-electron chi connectivity index (χ3n) is 14.8. The SMILES string of the molecule is Cc1ccc(S(=O)(=O)N(CCCC(=O)O)C(=O)c2c3ccccc3[n+](CCCS(=O)(=O)N3CCN(C(=O)c4ccc(C5=C6C=CC(=[N+](C)C)C=C6[Si](C)(C)c6cc(N(C)C)ccc65)cc4)CC3)c3ccccc23)cc1. The van der Waals surface area contributed by atoms with Crippen molar-refractivity contribution in [1.29, 1.82) is 0 Å². The highest BCUT2D eigenvalue weighted by Gasteiger charge is 2.41. The normalized spacial score (nSPS) is 15.6. The van der Waals surface area contributed by atoms with Crippen molar-refractivity contribution in [3.63, 3.8) is 0 Å². The molecule has 1 N–H and O–H groups in total. The molecule has 0 bridgehead atoms. The maximum Gasteiger partial charge on any atom is 0.303 e. The molecule has 3 heterocycles. The van der Waals surface area contributed by atoms with Gasteiger partial charge in [-0.25, -0.2) is 25.7 Å². The minimum absolute atomic E-state index is 0.0909. The summed E-state index contributed by atoms with van der Waals surface area (Å²) in [4.78, 5) is 44.1. The molecular weight excluding hydrogens is 1000 g/mol. The number of aliphatic carboxylic acids is 1. The van der Waals surface area contributed by atoms with Crippen molar-refractivity contribution in [3.8, 4) is 0 Å². The van der Waals surface area contributed by atoms with E-state index < -0.39 is 40.0 Å². The first-order chi connectivity index (χ1) is 35.7. The molecule has 1 aromatic heterocycles. The van der Waals surface area contributed by atoms with E-state index in [4.69, 9.17) is 0 Å². The van der Waals surface area contributed by atoms with Crippen LogP contribution < -0.4 is 14.7 Å². The Labute approximate surface area is 440 Å². The van der Waals surface area contributed by atoms with Gasteiger partial charge in [-0.05, 0) is 101 Å². The summed E-state index contributed by atoms with van der Waals surface area (Å²) >= 11 is 0. The second kappa shape index (κ2) is 20.9. The van der Waals surface area contributed by atoms with Crippen LogP contribution in [0.4, 0.5) is 5.69 Å². The minimum atomic E-state index is -4.42. The van der Waals surface area contributed by atoms with Crippen molar-refractivity contribution in [3.05, 3.63) is 172 Å². The molecule has 0 atom stereocenters. The molecule has 3 aliphatic rings. The van der Waals surface area contributed by atoms with Crippen LogP contribution in [-0.2, 0) is 31.4 Å². The number of carboxylic acid groups (broad SMARTS) is 1. The third kappa shape index (κ3) is 10.3. The molecule has 6 aromatic rings. The molecule has 388 valence electrons. The van der Waals surface area contributed by atoms with E-state index in [-0.39, 0.29) is 80.6 Å². The summed E-state index contributed by atoms with van der Waals surface area (Å²) < 4.78 is 62.7. The van der Waals surface area contributed by atoms with Crippen LogP contribution in [-0.4, -0.2) is 138 Å². The van der Waals surface area contributed by atoms with Crippen LogP contribution in [0.15, 0.2) is 149 Å². The van der Waals surface area contributed by atoms with Gasteiger partial charge in [0, 0.05) is 95.2 Å². The number of hydrogen-bond donors (Lipinski definition) is 1. The maximum atomic E-state index is 14.8. The summed E-state index contributed by atoms with van der Waals surface area (Å²) in [6, 6.07) is 34.9. The number of piperazine rings is 1. The van der Waals surface area contributed by atoms with Crippen LogP contribution in [0, 0.1) is 6.92 Å². The molecule has 2 amide bonds. The van der Waals surface area contributed by atoms with Crippen molar-refractivity contribution < 1.29 is 45.5 Å². The number of allylic oxidation sites excluding steroid dienone is 5. The molecule has 17 heteroatoms. The number of aromatic nitrogens is 1. The molecule has 1 saturated heterocycles. The second-order valence-electron chi connectivity index (χ2n) is 20.4. The molecule has 0 unspecified atom stereocenters. The monoisotopic (exact) mass is 1060 g/mol. The number of pyridine rings is 1. The lowest BCUT2D eigenvalue weighted by Gasteiger charge is -2.38. The third-order valence-corrected chi connectivity index (χ3v) is 22.1. The van der Waals surface area contributed by atoms with Crippen molar-refractivity contribution in [2.45, 2.75) is 50.7 Å². The molecule has 75 heavy (non-hydrogen) atoms. The van der Waals surface area contributed by atoms with Crippen LogP contribution in [0.2, 0.25) is 13.1 Å². The molecule has 0 spiro atoms. The van der Waals surface area contributed by atoms with E-state index in [1.165, 1.54) is 38.0 Å². The number of carbonyl (C=O) groups excluding carboxylic acids is 2. The van der Waals surface area contributed by atoms with E-state index in [2.05, 4.69) is 87.2 Å². The van der Waals surface area contributed by atoms with Crippen LogP contribution in [0.5, 0.6) is 0 Å². The van der Waals surface area contributed by atoms with Crippen molar-refractivity contribution in [2.75, 3.05) is 71.6 Å². The van der Waals surface area contributed by atoms with Gasteiger partial charge in [0.15, 0.2) is 12.3 Å². The Morgan fingerprint density at radius 1 is 0.773 bits per heavy atom. The summed E-state index contributed by atoms with van der Waals surface area (Å²) in [6.07, 6.45) is 6.55. The number of anilines is 1. The number of benzene rings is 5. The summed E-state index contributed by atoms with van der Waals surface area (Å²) in [5.41, 5.74) is 9.63. The molecule has 1 fully saturated rings. The molecule has 9 rings (SSSR count). The molecule has 2 aliphatic heterocycles. The lowest BCUT2D eigenvalue weighted by molar-refractivity contribution is -0.645. The Hall–Kier alpha value is -7.05. The Kier molecular flexibility index (Phi) is 14.7. The van der Waals surface area contributed by atoms with Gasteiger partial charge in [-0.2, -0.15) is 8.87 Å². The number of fused-ring (bicyclic) bond motifs is 4. The van der Waals surface area contributed by atoms with Gasteiger partial charge in [0.05, 0.1) is 27.0 Å². The fourth-order valence-corrected chi connectivity index (χ4v) is 16.6. The van der Waals surface area contributed by atoms with E-state index in [0.717, 1.165) is 32.4 Å². The summed E-state index contributed by atoms with van der Waals surface area (Å²) in [5.74, 6) is -2.22. The van der Waals surface area contributed by atoms with E-state index in [0.29, 0.717) is 27.4 Å². The highest BCUT2D eigenvalue weighted by atomic mass is 32.2. The van der Waals surface area contributed by atoms with Gasteiger partial charge in [0.2, 0.25) is 21.1 Å². The fourth-order valence-electron chi connectivity index (χ4n) is 10.6. The topological polar surface area (TPSA) is 160 Å². The molecule has 5 aromatic carbocycles. The van der Waals surface area contributed by atoms with E-state index in [1.807, 2.05) is 47.9 Å². The average Bonchev–Trinajstić information content (AvgIpc) is 3.41. The molecule has 0 saturated carbocycles. The predicted molar refractivity (Wildman–Crippen MR) is 298 cm³/mol. The van der Waals surface area contributed by atoms with Crippen molar-refractivity contribution in [1.82, 2.24) is 13.5 Å². The Balaban J connectivity index is 0.906. The number of sulfonamides is 2. The van der Waals surface area contributed by atoms with Crippen LogP contribution >= 0.6 is 0 Å². The van der Waals surface area contributed by atoms with E-state index >= 15 is 0 Å². The zero-order valence-corrected chi connectivity index (χ0v) is 46.2. The average molecular weight is 1070 g/mol. The lowest BCUT2D eigenvalue weighted by atomic mass is 9.89. The number of para-hydroxylation sites is 2. The molecule has 1 aliphatic carbocycles. The van der Waals surface area contributed by atoms with E-state index in [1.54, 1.807) is 53.4 Å². The number of carbonyl (C=O) groups is 3. The maximum absolute atomic E-state index is 14.8. The van der Waals surface area contributed by atoms with Gasteiger partial charge < -0.3 is 14.9 Å². The first-order valence-electron chi connectivity index (χ1n) is 25.3. The number of aryl methyl sites for hydroxylation is 2. The number of amides is 2. The Bertz CT molecular complexity index is 3590. The minimum Gasteiger partial charge on any atom is -0.481 e. The van der Waals surface area contributed by atoms with Crippen molar-refractivity contribution >= 4 is 89.9 Å². The standard InChI is InChI=1S/C58H63N6O8S2Si/c1-40-19-27-45(28-20-40)74(71,72)64(32-12-18-54(65)66)58(68)56-46-14-8-10-16-50(46)63(51-17-11-9-15-47(51)56)31-13-37-73(69,70)62-35-33-61(34-36-62)57(67)42-23-21-41(22-24-42)55-48-29-25-43(59(2)3)38-52(48)75(6,7)53-39-44(60(4)5)26-30-49(53)55/h8-11,14-17,19-30,38-39H,12-13,18,31-37H2,1-7H3/q+1/p+1. The van der Waals surface area contributed by atoms with Gasteiger partial charge in [0.1, 0.15) is 22.2 Å². The number of nitrogens with zero attached hydrogens (tertiary/aromatic N) is 6. The molecular formula is C58H64N6O8S2Si+2. The molecule has 0 radical (unpaired) electrons. The fraction of sp³-hybridized carbons (Fsp3) is 0.293. The van der Waals surface area contributed by atoms with Gasteiger partial charge in [-0.3, -0.25) is 14.4 Å². The summed E-state index contributed by atoms with van der Waals surface area (Å²) in [5, 5.41) is 13.1. The second-order valence-corrected chi connectivity index (χ2v) is 28.7.